The molecular formula is C19H26N4O. The molecule has 1 aromatic carbocycles. The van der Waals surface area contributed by atoms with Gasteiger partial charge in [0.2, 0.25) is 0 Å². The van der Waals surface area contributed by atoms with Crippen molar-refractivity contribution in [3.63, 3.8) is 0 Å². The van der Waals surface area contributed by atoms with Crippen LogP contribution in [0.15, 0.2) is 53.7 Å². The fraction of sp³-hybridized carbons (Fsp3) is 0.368. The van der Waals surface area contributed by atoms with Crippen molar-refractivity contribution in [2.45, 2.75) is 19.9 Å². The largest absolute Gasteiger partial charge is 0.385 e. The molecule has 5 heteroatoms. The summed E-state index contributed by atoms with van der Waals surface area (Å²) in [7, 11) is 1.72. The van der Waals surface area contributed by atoms with Crippen LogP contribution in [0.1, 0.15) is 18.9 Å². The van der Waals surface area contributed by atoms with Crippen LogP contribution < -0.4 is 10.6 Å². The molecule has 0 fully saturated rings. The lowest BCUT2D eigenvalue weighted by molar-refractivity contribution is 0.195. The number of guanidine groups is 1. The number of nitrogens with one attached hydrogen (secondary N) is 2. The Kier molecular flexibility index (Phi) is 7.77. The molecule has 128 valence electrons. The van der Waals surface area contributed by atoms with Gasteiger partial charge in [0.1, 0.15) is 0 Å². The first-order chi connectivity index (χ1) is 11.8. The van der Waals surface area contributed by atoms with Gasteiger partial charge in [-0.3, -0.25) is 4.98 Å². The number of benzene rings is 1. The molecule has 0 aliphatic rings. The first kappa shape index (κ1) is 17.9. The Balaban J connectivity index is 2.00. The Bertz CT molecular complexity index is 628. The summed E-state index contributed by atoms with van der Waals surface area (Å²) in [5, 5.41) is 6.58. The van der Waals surface area contributed by atoms with E-state index in [0.29, 0.717) is 6.54 Å². The summed E-state index contributed by atoms with van der Waals surface area (Å²) in [5.41, 5.74) is 3.25. The maximum atomic E-state index is 5.06. The summed E-state index contributed by atoms with van der Waals surface area (Å²) < 4.78 is 5.06. The highest BCUT2D eigenvalue weighted by molar-refractivity contribution is 5.79. The predicted molar refractivity (Wildman–Crippen MR) is 99.0 cm³/mol. The molecule has 0 bridgehead atoms. The topological polar surface area (TPSA) is 58.5 Å². The Hall–Kier alpha value is -2.40. The molecule has 0 saturated heterocycles. The summed E-state index contributed by atoms with van der Waals surface area (Å²) in [4.78, 5) is 9.05. The van der Waals surface area contributed by atoms with Crippen LogP contribution >= 0.6 is 0 Å². The number of methoxy groups -OCH3 is 1. The van der Waals surface area contributed by atoms with E-state index in [1.165, 1.54) is 0 Å². The van der Waals surface area contributed by atoms with Gasteiger partial charge in [-0.05, 0) is 37.1 Å². The van der Waals surface area contributed by atoms with Crippen LogP contribution in [0.5, 0.6) is 0 Å². The summed E-state index contributed by atoms with van der Waals surface area (Å²) in [5.74, 6) is 0.830. The molecule has 0 atom stereocenters. The number of pyridine rings is 1. The summed E-state index contributed by atoms with van der Waals surface area (Å²) in [6, 6.07) is 14.3. The van der Waals surface area contributed by atoms with Gasteiger partial charge >= 0.3 is 0 Å². The van der Waals surface area contributed by atoms with E-state index in [1.807, 2.05) is 30.5 Å². The highest BCUT2D eigenvalue weighted by Crippen LogP contribution is 2.18. The molecule has 24 heavy (non-hydrogen) atoms. The zero-order valence-corrected chi connectivity index (χ0v) is 14.5. The van der Waals surface area contributed by atoms with Crippen molar-refractivity contribution in [1.82, 2.24) is 15.6 Å². The molecule has 2 N–H and O–H groups in total. The van der Waals surface area contributed by atoms with Crippen LogP contribution in [0, 0.1) is 0 Å². The molecule has 1 aromatic heterocycles. The molecule has 5 nitrogen and oxygen atoms in total. The van der Waals surface area contributed by atoms with Crippen molar-refractivity contribution in [2.75, 3.05) is 26.8 Å². The van der Waals surface area contributed by atoms with Gasteiger partial charge in [0.15, 0.2) is 5.96 Å². The minimum absolute atomic E-state index is 0.625. The number of ether oxygens (including phenoxy) is 1. The van der Waals surface area contributed by atoms with E-state index in [4.69, 9.17) is 4.74 Å². The van der Waals surface area contributed by atoms with Gasteiger partial charge in [0.25, 0.3) is 0 Å². The highest BCUT2D eigenvalue weighted by atomic mass is 16.5. The number of hydrogen-bond donors (Lipinski definition) is 2. The highest BCUT2D eigenvalue weighted by Gasteiger charge is 2.01. The van der Waals surface area contributed by atoms with E-state index < -0.39 is 0 Å². The predicted octanol–water partition coefficient (Wildman–Crippen LogP) is 2.84. The minimum atomic E-state index is 0.625. The van der Waals surface area contributed by atoms with Gasteiger partial charge in [-0.15, -0.1) is 0 Å². The Morgan fingerprint density at radius 1 is 1.17 bits per heavy atom. The van der Waals surface area contributed by atoms with Crippen LogP contribution in [0.3, 0.4) is 0 Å². The molecule has 1 heterocycles. The molecule has 2 aromatic rings. The summed E-state index contributed by atoms with van der Waals surface area (Å²) in [6.45, 7) is 5.12. The first-order valence-electron chi connectivity index (χ1n) is 8.35. The third-order valence-corrected chi connectivity index (χ3v) is 3.47. The van der Waals surface area contributed by atoms with E-state index in [0.717, 1.165) is 48.9 Å². The van der Waals surface area contributed by atoms with Gasteiger partial charge in [-0.2, -0.15) is 0 Å². The van der Waals surface area contributed by atoms with Gasteiger partial charge < -0.3 is 15.4 Å². The van der Waals surface area contributed by atoms with Gasteiger partial charge in [0, 0.05) is 38.6 Å². The number of aromatic nitrogens is 1. The smallest absolute Gasteiger partial charge is 0.191 e. The van der Waals surface area contributed by atoms with Crippen molar-refractivity contribution in [3.05, 3.63) is 54.2 Å². The van der Waals surface area contributed by atoms with E-state index in [9.17, 15) is 0 Å². The second-order valence-electron chi connectivity index (χ2n) is 5.38. The monoisotopic (exact) mass is 326 g/mol. The molecule has 0 radical (unpaired) electrons. The van der Waals surface area contributed by atoms with Crippen molar-refractivity contribution in [3.8, 4) is 11.3 Å². The number of aliphatic imine (C=N–C) groups is 1. The van der Waals surface area contributed by atoms with Crippen molar-refractivity contribution in [1.29, 1.82) is 0 Å². The molecule has 0 amide bonds. The number of nitrogens with zero attached hydrogens (tertiary/aromatic N) is 2. The Morgan fingerprint density at radius 2 is 2.08 bits per heavy atom. The molecule has 0 spiro atoms. The van der Waals surface area contributed by atoms with Crippen LogP contribution in [0.25, 0.3) is 11.3 Å². The fourth-order valence-corrected chi connectivity index (χ4v) is 2.30. The molecule has 2 rings (SSSR count). The second-order valence-corrected chi connectivity index (χ2v) is 5.38. The lowest BCUT2D eigenvalue weighted by atomic mass is 10.1. The van der Waals surface area contributed by atoms with E-state index in [1.54, 1.807) is 7.11 Å². The third-order valence-electron chi connectivity index (χ3n) is 3.47. The zero-order valence-electron chi connectivity index (χ0n) is 14.5. The lowest BCUT2D eigenvalue weighted by Gasteiger charge is -2.11. The van der Waals surface area contributed by atoms with E-state index in [2.05, 4.69) is 45.7 Å². The van der Waals surface area contributed by atoms with Gasteiger partial charge in [-0.1, -0.05) is 24.3 Å². The molecule has 0 unspecified atom stereocenters. The van der Waals surface area contributed by atoms with Gasteiger partial charge in [-0.25, -0.2) is 4.99 Å². The molecule has 0 saturated carbocycles. The SMILES string of the molecule is CCNC(=NCc1cccc(-c2ccccn2)c1)NCCCOC. The average molecular weight is 326 g/mol. The number of hydrogen-bond acceptors (Lipinski definition) is 3. The maximum absolute atomic E-state index is 5.06. The minimum Gasteiger partial charge on any atom is -0.385 e. The van der Waals surface area contributed by atoms with Crippen molar-refractivity contribution < 1.29 is 4.74 Å². The summed E-state index contributed by atoms with van der Waals surface area (Å²) >= 11 is 0. The van der Waals surface area contributed by atoms with Crippen LogP contribution in [0.4, 0.5) is 0 Å². The maximum Gasteiger partial charge on any atom is 0.191 e. The Labute approximate surface area is 144 Å². The second kappa shape index (κ2) is 10.4. The number of rotatable bonds is 8. The summed E-state index contributed by atoms with van der Waals surface area (Å²) in [6.07, 6.45) is 2.77. The lowest BCUT2D eigenvalue weighted by Crippen LogP contribution is -2.38. The standard InChI is InChI=1S/C19H26N4O/c1-3-20-19(22-12-7-13-24-2)23-15-16-8-6-9-17(14-16)18-10-4-5-11-21-18/h4-6,8-11,14H,3,7,12-13,15H2,1-2H3,(H2,20,22,23). The van der Waals surface area contributed by atoms with Crippen LogP contribution in [-0.4, -0.2) is 37.7 Å². The van der Waals surface area contributed by atoms with E-state index >= 15 is 0 Å². The van der Waals surface area contributed by atoms with Crippen molar-refractivity contribution in [2.24, 2.45) is 4.99 Å². The first-order valence-corrected chi connectivity index (χ1v) is 8.35. The average Bonchev–Trinajstić information content (AvgIpc) is 2.64. The van der Waals surface area contributed by atoms with Crippen LogP contribution in [-0.2, 0) is 11.3 Å². The quantitative estimate of drug-likeness (QED) is 0.445. The normalized spacial score (nSPS) is 11.3. The van der Waals surface area contributed by atoms with Crippen LogP contribution in [0.2, 0.25) is 0 Å². The van der Waals surface area contributed by atoms with Gasteiger partial charge in [0.05, 0.1) is 12.2 Å². The fourth-order valence-electron chi connectivity index (χ4n) is 2.30. The Morgan fingerprint density at radius 3 is 2.83 bits per heavy atom. The molecule has 0 aliphatic heterocycles. The van der Waals surface area contributed by atoms with E-state index in [-0.39, 0.29) is 0 Å². The molecular weight excluding hydrogens is 300 g/mol. The van der Waals surface area contributed by atoms with Crippen molar-refractivity contribution >= 4 is 5.96 Å². The third kappa shape index (κ3) is 6.01. The zero-order chi connectivity index (χ0) is 17.0. The molecule has 0 aliphatic carbocycles.